The van der Waals surface area contributed by atoms with E-state index in [1.807, 2.05) is 6.92 Å². The molecule has 1 heterocycles. The maximum Gasteiger partial charge on any atom is 0.239 e. The normalized spacial score (nSPS) is 18.0. The Labute approximate surface area is 93.2 Å². The highest BCUT2D eigenvalue weighted by Gasteiger charge is 2.23. The number of hydrogen-bond donors (Lipinski definition) is 2. The van der Waals surface area contributed by atoms with Crippen molar-refractivity contribution < 1.29 is 14.7 Å². The van der Waals surface area contributed by atoms with Crippen molar-refractivity contribution in [1.29, 1.82) is 0 Å². The Hall–Kier alpha value is -0.750. The van der Waals surface area contributed by atoms with Crippen LogP contribution in [0.2, 0.25) is 0 Å². The molecular formula is C9H16N2O3S. The SMILES string of the molecule is CC[C@@H](CO)NC(=O)CN1CSCC1=O. The molecule has 1 atom stereocenters. The predicted molar refractivity (Wildman–Crippen MR) is 58.3 cm³/mol. The summed E-state index contributed by atoms with van der Waals surface area (Å²) < 4.78 is 0. The van der Waals surface area contributed by atoms with Gasteiger partial charge in [0.15, 0.2) is 0 Å². The van der Waals surface area contributed by atoms with Gasteiger partial charge in [0, 0.05) is 0 Å². The van der Waals surface area contributed by atoms with E-state index in [2.05, 4.69) is 5.32 Å². The van der Waals surface area contributed by atoms with E-state index in [1.54, 1.807) is 0 Å². The highest BCUT2D eigenvalue weighted by Crippen LogP contribution is 2.13. The second-order valence-corrected chi connectivity index (χ2v) is 4.38. The number of aliphatic hydroxyl groups is 1. The van der Waals surface area contributed by atoms with Crippen molar-refractivity contribution in [3.05, 3.63) is 0 Å². The van der Waals surface area contributed by atoms with E-state index in [0.29, 0.717) is 18.1 Å². The van der Waals surface area contributed by atoms with Gasteiger partial charge in [-0.3, -0.25) is 9.59 Å². The van der Waals surface area contributed by atoms with Crippen LogP contribution in [0, 0.1) is 0 Å². The Morgan fingerprint density at radius 2 is 2.47 bits per heavy atom. The second kappa shape index (κ2) is 5.97. The smallest absolute Gasteiger partial charge is 0.239 e. The fourth-order valence-electron chi connectivity index (χ4n) is 1.26. The quantitative estimate of drug-likeness (QED) is 0.664. The van der Waals surface area contributed by atoms with Crippen molar-refractivity contribution in [3.8, 4) is 0 Å². The molecule has 2 amide bonds. The third kappa shape index (κ3) is 3.71. The highest BCUT2D eigenvalue weighted by molar-refractivity contribution is 8.00. The molecule has 0 unspecified atom stereocenters. The number of rotatable bonds is 5. The molecule has 1 rings (SSSR count). The number of carbonyl (C=O) groups excluding carboxylic acids is 2. The van der Waals surface area contributed by atoms with E-state index in [0.717, 1.165) is 0 Å². The molecule has 0 aromatic carbocycles. The monoisotopic (exact) mass is 232 g/mol. The van der Waals surface area contributed by atoms with Gasteiger partial charge in [0.05, 0.1) is 24.3 Å². The average Bonchev–Trinajstić information content (AvgIpc) is 2.61. The van der Waals surface area contributed by atoms with Gasteiger partial charge in [-0.1, -0.05) is 6.92 Å². The lowest BCUT2D eigenvalue weighted by molar-refractivity contribution is -0.132. The van der Waals surface area contributed by atoms with E-state index < -0.39 is 0 Å². The zero-order valence-corrected chi connectivity index (χ0v) is 9.55. The molecule has 15 heavy (non-hydrogen) atoms. The van der Waals surface area contributed by atoms with Crippen LogP contribution in [0.4, 0.5) is 0 Å². The van der Waals surface area contributed by atoms with Crippen molar-refractivity contribution >= 4 is 23.6 Å². The Balaban J connectivity index is 2.31. The molecule has 86 valence electrons. The molecule has 0 radical (unpaired) electrons. The predicted octanol–water partition coefficient (Wildman–Crippen LogP) is -0.594. The Kier molecular flexibility index (Phi) is 4.90. The van der Waals surface area contributed by atoms with Crippen molar-refractivity contribution in [2.75, 3.05) is 24.8 Å². The first-order chi connectivity index (χ1) is 7.17. The minimum Gasteiger partial charge on any atom is -0.394 e. The molecule has 0 aliphatic carbocycles. The standard InChI is InChI=1S/C9H16N2O3S/c1-2-7(4-12)10-8(13)3-11-6-15-5-9(11)14/h7,12H,2-6H2,1H3,(H,10,13)/t7-/m0/s1. The van der Waals surface area contributed by atoms with Crippen molar-refractivity contribution in [2.24, 2.45) is 0 Å². The summed E-state index contributed by atoms with van der Waals surface area (Å²) in [7, 11) is 0. The van der Waals surface area contributed by atoms with E-state index in [-0.39, 0.29) is 31.0 Å². The van der Waals surface area contributed by atoms with E-state index >= 15 is 0 Å². The first-order valence-corrected chi connectivity index (χ1v) is 6.08. The van der Waals surface area contributed by atoms with Crippen LogP contribution in [0.5, 0.6) is 0 Å². The van der Waals surface area contributed by atoms with Gasteiger partial charge in [0.25, 0.3) is 0 Å². The number of aliphatic hydroxyl groups excluding tert-OH is 1. The molecule has 0 aromatic heterocycles. The molecule has 1 fully saturated rings. The molecule has 6 heteroatoms. The van der Waals surface area contributed by atoms with Gasteiger partial charge < -0.3 is 15.3 Å². The zero-order valence-electron chi connectivity index (χ0n) is 8.73. The van der Waals surface area contributed by atoms with Crippen LogP contribution in [0.15, 0.2) is 0 Å². The zero-order chi connectivity index (χ0) is 11.3. The van der Waals surface area contributed by atoms with E-state index in [9.17, 15) is 9.59 Å². The molecule has 1 saturated heterocycles. The van der Waals surface area contributed by atoms with Gasteiger partial charge >= 0.3 is 0 Å². The summed E-state index contributed by atoms with van der Waals surface area (Å²) in [6.07, 6.45) is 0.685. The summed E-state index contributed by atoms with van der Waals surface area (Å²) in [6.45, 7) is 1.92. The second-order valence-electron chi connectivity index (χ2n) is 3.42. The molecule has 2 N–H and O–H groups in total. The summed E-state index contributed by atoms with van der Waals surface area (Å²) >= 11 is 1.51. The number of nitrogens with zero attached hydrogens (tertiary/aromatic N) is 1. The number of thioether (sulfide) groups is 1. The van der Waals surface area contributed by atoms with E-state index in [1.165, 1.54) is 16.7 Å². The average molecular weight is 232 g/mol. The summed E-state index contributed by atoms with van der Waals surface area (Å²) in [5.41, 5.74) is 0. The van der Waals surface area contributed by atoms with E-state index in [4.69, 9.17) is 5.11 Å². The lowest BCUT2D eigenvalue weighted by Gasteiger charge is -2.18. The Bertz CT molecular complexity index is 244. The van der Waals surface area contributed by atoms with Gasteiger partial charge in [-0.25, -0.2) is 0 Å². The molecule has 0 aromatic rings. The topological polar surface area (TPSA) is 69.6 Å². The summed E-state index contributed by atoms with van der Waals surface area (Å²) in [6, 6.07) is -0.206. The van der Waals surface area contributed by atoms with Gasteiger partial charge in [0.2, 0.25) is 11.8 Å². The van der Waals surface area contributed by atoms with Gasteiger partial charge in [0.1, 0.15) is 6.54 Å². The molecule has 0 spiro atoms. The summed E-state index contributed by atoms with van der Waals surface area (Å²) in [5, 5.41) is 11.6. The molecule has 1 aliphatic heterocycles. The molecule has 0 saturated carbocycles. The van der Waals surface area contributed by atoms with Crippen LogP contribution < -0.4 is 5.32 Å². The Morgan fingerprint density at radius 3 is 2.93 bits per heavy atom. The molecular weight excluding hydrogens is 216 g/mol. The number of amides is 2. The maximum absolute atomic E-state index is 11.4. The largest absolute Gasteiger partial charge is 0.394 e. The van der Waals surface area contributed by atoms with Crippen molar-refractivity contribution in [3.63, 3.8) is 0 Å². The lowest BCUT2D eigenvalue weighted by Crippen LogP contribution is -2.43. The van der Waals surface area contributed by atoms with Crippen molar-refractivity contribution in [1.82, 2.24) is 10.2 Å². The van der Waals surface area contributed by atoms with Crippen molar-refractivity contribution in [2.45, 2.75) is 19.4 Å². The first kappa shape index (κ1) is 12.3. The molecule has 0 bridgehead atoms. The first-order valence-electron chi connectivity index (χ1n) is 4.93. The van der Waals surface area contributed by atoms with Crippen LogP contribution in [0.25, 0.3) is 0 Å². The summed E-state index contributed by atoms with van der Waals surface area (Å²) in [5.74, 6) is 0.853. The third-order valence-electron chi connectivity index (χ3n) is 2.24. The minimum atomic E-state index is -0.206. The van der Waals surface area contributed by atoms with Crippen LogP contribution in [0.3, 0.4) is 0 Å². The fourth-order valence-corrected chi connectivity index (χ4v) is 2.17. The molecule has 1 aliphatic rings. The highest BCUT2D eigenvalue weighted by atomic mass is 32.2. The lowest BCUT2D eigenvalue weighted by atomic mass is 10.2. The third-order valence-corrected chi connectivity index (χ3v) is 3.18. The van der Waals surface area contributed by atoms with Gasteiger partial charge in [-0.2, -0.15) is 0 Å². The number of carbonyl (C=O) groups is 2. The van der Waals surface area contributed by atoms with Crippen LogP contribution >= 0.6 is 11.8 Å². The van der Waals surface area contributed by atoms with Crippen LogP contribution in [-0.2, 0) is 9.59 Å². The maximum atomic E-state index is 11.4. The van der Waals surface area contributed by atoms with Crippen LogP contribution in [-0.4, -0.2) is 52.6 Å². The van der Waals surface area contributed by atoms with Gasteiger partial charge in [-0.05, 0) is 6.42 Å². The number of nitrogens with one attached hydrogen (secondary N) is 1. The summed E-state index contributed by atoms with van der Waals surface area (Å²) in [4.78, 5) is 24.2. The number of hydrogen-bond acceptors (Lipinski definition) is 4. The molecule has 5 nitrogen and oxygen atoms in total. The Morgan fingerprint density at radius 1 is 1.73 bits per heavy atom. The van der Waals surface area contributed by atoms with Gasteiger partial charge in [-0.15, -0.1) is 11.8 Å². The fraction of sp³-hybridized carbons (Fsp3) is 0.778. The minimum absolute atomic E-state index is 0.00666. The van der Waals surface area contributed by atoms with Crippen LogP contribution in [0.1, 0.15) is 13.3 Å².